The van der Waals surface area contributed by atoms with Gasteiger partial charge in [0.25, 0.3) is 0 Å². The number of nitrogens with one attached hydrogen (secondary N) is 1. The van der Waals surface area contributed by atoms with Gasteiger partial charge in [-0.3, -0.25) is 4.79 Å². The molecule has 29 heavy (non-hydrogen) atoms. The summed E-state index contributed by atoms with van der Waals surface area (Å²) in [5, 5.41) is 14.8. The van der Waals surface area contributed by atoms with Crippen LogP contribution in [0, 0.1) is 5.82 Å². The second-order valence-electron chi connectivity index (χ2n) is 6.32. The van der Waals surface area contributed by atoms with Crippen LogP contribution in [0.15, 0.2) is 53.7 Å². The highest BCUT2D eigenvalue weighted by atomic mass is 32.2. The van der Waals surface area contributed by atoms with Crippen LogP contribution >= 0.6 is 11.8 Å². The van der Waals surface area contributed by atoms with E-state index in [-0.39, 0.29) is 17.8 Å². The van der Waals surface area contributed by atoms with Gasteiger partial charge in [-0.2, -0.15) is 4.68 Å². The molecule has 0 aliphatic rings. The van der Waals surface area contributed by atoms with Crippen LogP contribution in [-0.2, 0) is 4.79 Å². The first-order valence-corrected chi connectivity index (χ1v) is 10.1. The van der Waals surface area contributed by atoms with Gasteiger partial charge < -0.3 is 10.1 Å². The molecular formula is C20H22FN5O2S. The number of carbonyl (C=O) groups is 1. The van der Waals surface area contributed by atoms with Crippen LogP contribution in [0.3, 0.4) is 0 Å². The molecule has 9 heteroatoms. The molecule has 0 bridgehead atoms. The van der Waals surface area contributed by atoms with Crippen molar-refractivity contribution in [1.82, 2.24) is 25.5 Å². The standard InChI is InChI=1S/C20H22FN5O2S/c1-4-28-18-8-6-5-7-17(18)26-20(23-24-25-26)29-14(3)19(27)22-13(2)15-9-11-16(21)12-10-15/h5-14H,4H2,1-3H3,(H,22,27). The number of hydrogen-bond acceptors (Lipinski definition) is 6. The third-order valence-corrected chi connectivity index (χ3v) is 5.25. The van der Waals surface area contributed by atoms with Gasteiger partial charge in [0.15, 0.2) is 0 Å². The number of para-hydroxylation sites is 2. The maximum atomic E-state index is 13.1. The Hall–Kier alpha value is -2.94. The van der Waals surface area contributed by atoms with Crippen molar-refractivity contribution in [2.45, 2.75) is 37.2 Å². The molecule has 0 aliphatic carbocycles. The lowest BCUT2D eigenvalue weighted by Crippen LogP contribution is -2.33. The van der Waals surface area contributed by atoms with Gasteiger partial charge in [-0.05, 0) is 61.0 Å². The summed E-state index contributed by atoms with van der Waals surface area (Å²) in [5.41, 5.74) is 1.53. The lowest BCUT2D eigenvalue weighted by Gasteiger charge is -2.17. The summed E-state index contributed by atoms with van der Waals surface area (Å²) in [6.07, 6.45) is 0. The van der Waals surface area contributed by atoms with Crippen molar-refractivity contribution in [2.75, 3.05) is 6.61 Å². The van der Waals surface area contributed by atoms with Crippen LogP contribution < -0.4 is 10.1 Å². The van der Waals surface area contributed by atoms with Gasteiger partial charge in [-0.15, -0.1) is 5.10 Å². The number of tetrazole rings is 1. The normalized spacial score (nSPS) is 13.0. The maximum absolute atomic E-state index is 13.1. The van der Waals surface area contributed by atoms with E-state index >= 15 is 0 Å². The Bertz CT molecular complexity index is 964. The van der Waals surface area contributed by atoms with E-state index in [1.807, 2.05) is 38.1 Å². The minimum atomic E-state index is -0.443. The van der Waals surface area contributed by atoms with E-state index in [2.05, 4.69) is 20.8 Å². The fourth-order valence-corrected chi connectivity index (χ4v) is 3.50. The summed E-state index contributed by atoms with van der Waals surface area (Å²) in [6, 6.07) is 13.3. The van der Waals surface area contributed by atoms with Crippen molar-refractivity contribution < 1.29 is 13.9 Å². The van der Waals surface area contributed by atoms with E-state index < -0.39 is 5.25 Å². The molecule has 0 radical (unpaired) electrons. The number of halogens is 1. The zero-order valence-electron chi connectivity index (χ0n) is 16.4. The van der Waals surface area contributed by atoms with E-state index in [0.29, 0.717) is 23.2 Å². The summed E-state index contributed by atoms with van der Waals surface area (Å²) in [4.78, 5) is 12.6. The van der Waals surface area contributed by atoms with Crippen LogP contribution in [0.1, 0.15) is 32.4 Å². The number of ether oxygens (including phenoxy) is 1. The molecule has 0 fully saturated rings. The Kier molecular flexibility index (Phi) is 6.82. The average molecular weight is 415 g/mol. The van der Waals surface area contributed by atoms with Crippen molar-refractivity contribution >= 4 is 17.7 Å². The van der Waals surface area contributed by atoms with Crippen LogP contribution in [0.25, 0.3) is 5.69 Å². The summed E-state index contributed by atoms with van der Waals surface area (Å²) in [6.45, 7) is 6.05. The van der Waals surface area contributed by atoms with Crippen molar-refractivity contribution in [1.29, 1.82) is 0 Å². The molecule has 0 spiro atoms. The summed E-state index contributed by atoms with van der Waals surface area (Å²) in [7, 11) is 0. The zero-order valence-corrected chi connectivity index (χ0v) is 17.2. The van der Waals surface area contributed by atoms with Crippen LogP contribution in [0.2, 0.25) is 0 Å². The second-order valence-corrected chi connectivity index (χ2v) is 7.62. The van der Waals surface area contributed by atoms with E-state index in [1.54, 1.807) is 23.7 Å². The predicted molar refractivity (Wildman–Crippen MR) is 109 cm³/mol. The number of aromatic nitrogens is 4. The first-order chi connectivity index (χ1) is 14.0. The van der Waals surface area contributed by atoms with Crippen LogP contribution in [0.5, 0.6) is 5.75 Å². The van der Waals surface area contributed by atoms with Crippen molar-refractivity contribution in [3.63, 3.8) is 0 Å². The molecule has 2 atom stereocenters. The number of carbonyl (C=O) groups excluding carboxylic acids is 1. The Morgan fingerprint density at radius 2 is 1.93 bits per heavy atom. The Morgan fingerprint density at radius 3 is 2.66 bits per heavy atom. The SMILES string of the molecule is CCOc1ccccc1-n1nnnc1SC(C)C(=O)NC(C)c1ccc(F)cc1. The fourth-order valence-electron chi connectivity index (χ4n) is 2.69. The van der Waals surface area contributed by atoms with Crippen molar-refractivity contribution in [3.8, 4) is 11.4 Å². The number of hydrogen-bond donors (Lipinski definition) is 1. The van der Waals surface area contributed by atoms with Gasteiger partial charge in [0.2, 0.25) is 11.1 Å². The molecule has 7 nitrogen and oxygen atoms in total. The Morgan fingerprint density at radius 1 is 1.21 bits per heavy atom. The molecule has 152 valence electrons. The van der Waals surface area contributed by atoms with Gasteiger partial charge in [-0.25, -0.2) is 4.39 Å². The van der Waals surface area contributed by atoms with E-state index in [0.717, 1.165) is 5.56 Å². The molecule has 0 aliphatic heterocycles. The topological polar surface area (TPSA) is 81.9 Å². The molecule has 1 heterocycles. The quantitative estimate of drug-likeness (QED) is 0.567. The van der Waals surface area contributed by atoms with Gasteiger partial charge in [0, 0.05) is 0 Å². The first-order valence-electron chi connectivity index (χ1n) is 9.22. The van der Waals surface area contributed by atoms with Gasteiger partial charge in [-0.1, -0.05) is 36.0 Å². The number of rotatable bonds is 8. The highest BCUT2D eigenvalue weighted by Crippen LogP contribution is 2.28. The maximum Gasteiger partial charge on any atom is 0.233 e. The van der Waals surface area contributed by atoms with Crippen LogP contribution in [0.4, 0.5) is 4.39 Å². The monoisotopic (exact) mass is 415 g/mol. The smallest absolute Gasteiger partial charge is 0.233 e. The lowest BCUT2D eigenvalue weighted by atomic mass is 10.1. The Balaban J connectivity index is 1.70. The first kappa shape index (κ1) is 20.8. The van der Waals surface area contributed by atoms with Gasteiger partial charge >= 0.3 is 0 Å². The number of amides is 1. The molecule has 3 rings (SSSR count). The number of benzene rings is 2. The van der Waals surface area contributed by atoms with Gasteiger partial charge in [0.05, 0.1) is 17.9 Å². The molecule has 1 N–H and O–H groups in total. The summed E-state index contributed by atoms with van der Waals surface area (Å²) < 4.78 is 20.3. The zero-order chi connectivity index (χ0) is 20.8. The summed E-state index contributed by atoms with van der Waals surface area (Å²) in [5.74, 6) is 0.182. The van der Waals surface area contributed by atoms with Gasteiger partial charge in [0.1, 0.15) is 17.3 Å². The Labute approximate surface area is 172 Å². The molecule has 0 saturated heterocycles. The minimum absolute atomic E-state index is 0.167. The molecule has 3 aromatic rings. The van der Waals surface area contributed by atoms with Crippen molar-refractivity contribution in [2.24, 2.45) is 0 Å². The third kappa shape index (κ3) is 5.11. The molecule has 2 aromatic carbocycles. The molecule has 0 saturated carbocycles. The predicted octanol–water partition coefficient (Wildman–Crippen LogP) is 3.56. The van der Waals surface area contributed by atoms with Crippen LogP contribution in [-0.4, -0.2) is 38.0 Å². The highest BCUT2D eigenvalue weighted by molar-refractivity contribution is 8.00. The molecule has 1 amide bonds. The van der Waals surface area contributed by atoms with E-state index in [4.69, 9.17) is 4.74 Å². The largest absolute Gasteiger partial charge is 0.492 e. The molecular weight excluding hydrogens is 393 g/mol. The number of nitrogens with zero attached hydrogens (tertiary/aromatic N) is 4. The third-order valence-electron chi connectivity index (χ3n) is 4.21. The highest BCUT2D eigenvalue weighted by Gasteiger charge is 2.22. The average Bonchev–Trinajstić information content (AvgIpc) is 3.17. The molecule has 1 aromatic heterocycles. The second kappa shape index (κ2) is 9.51. The van der Waals surface area contributed by atoms with Crippen molar-refractivity contribution in [3.05, 3.63) is 59.9 Å². The molecule has 2 unspecified atom stereocenters. The fraction of sp³-hybridized carbons (Fsp3) is 0.300. The summed E-state index contributed by atoms with van der Waals surface area (Å²) >= 11 is 1.25. The number of thioether (sulfide) groups is 1. The van der Waals surface area contributed by atoms with E-state index in [1.165, 1.54) is 23.9 Å². The van der Waals surface area contributed by atoms with E-state index in [9.17, 15) is 9.18 Å². The lowest BCUT2D eigenvalue weighted by molar-refractivity contribution is -0.120. The minimum Gasteiger partial charge on any atom is -0.492 e.